The van der Waals surface area contributed by atoms with Gasteiger partial charge in [-0.15, -0.1) is 0 Å². The molecule has 0 spiro atoms. The molecule has 0 bridgehead atoms. The first-order valence-corrected chi connectivity index (χ1v) is 8.81. The second-order valence-corrected chi connectivity index (χ2v) is 6.75. The van der Waals surface area contributed by atoms with Crippen molar-refractivity contribution in [3.63, 3.8) is 0 Å². The molecule has 1 N–H and O–H groups in total. The van der Waals surface area contributed by atoms with Crippen LogP contribution in [0.15, 0.2) is 48.5 Å². The van der Waals surface area contributed by atoms with Crippen molar-refractivity contribution in [2.45, 2.75) is 45.2 Å². The highest BCUT2D eigenvalue weighted by atomic mass is 16.2. The minimum absolute atomic E-state index is 0.0166. The summed E-state index contributed by atoms with van der Waals surface area (Å²) in [6, 6.07) is 16.7. The molecule has 0 heterocycles. The number of fused-ring (bicyclic) bond motifs is 1. The van der Waals surface area contributed by atoms with Crippen LogP contribution in [0.25, 0.3) is 0 Å². The second kappa shape index (κ2) is 7.52. The zero-order valence-electron chi connectivity index (χ0n) is 14.6. The predicted molar refractivity (Wildman–Crippen MR) is 97.9 cm³/mol. The fraction of sp³-hybridized carbons (Fsp3) is 0.381. The maximum Gasteiger partial charge on any atom is 0.317 e. The van der Waals surface area contributed by atoms with Gasteiger partial charge < -0.3 is 10.2 Å². The van der Waals surface area contributed by atoms with E-state index in [0.717, 1.165) is 12.0 Å². The van der Waals surface area contributed by atoms with Crippen LogP contribution in [-0.2, 0) is 19.4 Å². The molecule has 3 rings (SSSR count). The molecule has 2 aromatic carbocycles. The Labute approximate surface area is 144 Å². The lowest BCUT2D eigenvalue weighted by atomic mass is 9.89. The minimum Gasteiger partial charge on any atom is -0.331 e. The zero-order valence-corrected chi connectivity index (χ0v) is 14.6. The van der Waals surface area contributed by atoms with E-state index >= 15 is 0 Å². The van der Waals surface area contributed by atoms with E-state index < -0.39 is 0 Å². The lowest BCUT2D eigenvalue weighted by Gasteiger charge is -2.23. The smallest absolute Gasteiger partial charge is 0.317 e. The fourth-order valence-corrected chi connectivity index (χ4v) is 3.33. The Kier molecular flexibility index (Phi) is 5.19. The molecule has 0 saturated heterocycles. The van der Waals surface area contributed by atoms with Gasteiger partial charge in [0, 0.05) is 13.6 Å². The maximum absolute atomic E-state index is 12.4. The molecule has 3 nitrogen and oxygen atoms in total. The van der Waals surface area contributed by atoms with Crippen LogP contribution in [0.3, 0.4) is 0 Å². The van der Waals surface area contributed by atoms with Crippen LogP contribution in [0.4, 0.5) is 4.79 Å². The molecule has 2 aromatic rings. The summed E-state index contributed by atoms with van der Waals surface area (Å²) in [4.78, 5) is 14.2. The quantitative estimate of drug-likeness (QED) is 0.885. The van der Waals surface area contributed by atoms with Crippen molar-refractivity contribution in [2.24, 2.45) is 0 Å². The number of rotatable bonds is 4. The number of urea groups is 1. The lowest BCUT2D eigenvalue weighted by molar-refractivity contribution is 0.203. The number of hydrogen-bond donors (Lipinski definition) is 1. The second-order valence-electron chi connectivity index (χ2n) is 6.75. The molecule has 2 amide bonds. The van der Waals surface area contributed by atoms with Gasteiger partial charge in [0.25, 0.3) is 0 Å². The van der Waals surface area contributed by atoms with Gasteiger partial charge in [-0.05, 0) is 54.9 Å². The largest absolute Gasteiger partial charge is 0.331 e. The Morgan fingerprint density at radius 1 is 1.08 bits per heavy atom. The van der Waals surface area contributed by atoms with E-state index in [1.165, 1.54) is 36.0 Å². The van der Waals surface area contributed by atoms with Crippen LogP contribution >= 0.6 is 0 Å². The number of hydrogen-bond acceptors (Lipinski definition) is 1. The molecule has 1 atom stereocenters. The molecule has 1 aliphatic carbocycles. The monoisotopic (exact) mass is 322 g/mol. The number of carbonyl (C=O) groups is 1. The van der Waals surface area contributed by atoms with E-state index in [9.17, 15) is 4.79 Å². The first-order chi connectivity index (χ1) is 11.6. The summed E-state index contributed by atoms with van der Waals surface area (Å²) in [6.45, 7) is 2.67. The van der Waals surface area contributed by atoms with Crippen LogP contribution in [-0.4, -0.2) is 18.0 Å². The summed E-state index contributed by atoms with van der Waals surface area (Å²) in [6.07, 6.45) is 4.92. The molecule has 0 saturated carbocycles. The number of amides is 2. The highest BCUT2D eigenvalue weighted by molar-refractivity contribution is 5.74. The molecular formula is C21H26N2O. The molecule has 0 aliphatic heterocycles. The summed E-state index contributed by atoms with van der Waals surface area (Å²) in [5.41, 5.74) is 5.26. The molecule has 1 unspecified atom stereocenters. The average Bonchev–Trinajstić information content (AvgIpc) is 2.62. The summed E-state index contributed by atoms with van der Waals surface area (Å²) in [7, 11) is 1.84. The van der Waals surface area contributed by atoms with Gasteiger partial charge >= 0.3 is 6.03 Å². The highest BCUT2D eigenvalue weighted by Gasteiger charge is 2.16. The third kappa shape index (κ3) is 3.97. The topological polar surface area (TPSA) is 32.3 Å². The van der Waals surface area contributed by atoms with Gasteiger partial charge in [-0.1, -0.05) is 48.5 Å². The number of aryl methyl sites for hydroxylation is 2. The van der Waals surface area contributed by atoms with Gasteiger partial charge in [-0.2, -0.15) is 0 Å². The molecular weight excluding hydrogens is 296 g/mol. The summed E-state index contributed by atoms with van der Waals surface area (Å²) < 4.78 is 0. The van der Waals surface area contributed by atoms with Crippen molar-refractivity contribution in [1.29, 1.82) is 0 Å². The Bertz CT molecular complexity index is 696. The normalized spacial score (nSPS) is 14.6. The SMILES string of the molecule is CC(NC(=O)N(C)Cc1ccccc1)c1ccc2c(c1)CCCC2. The van der Waals surface area contributed by atoms with Crippen molar-refractivity contribution in [3.8, 4) is 0 Å². The summed E-state index contributed by atoms with van der Waals surface area (Å²) >= 11 is 0. The number of carbonyl (C=O) groups excluding carboxylic acids is 1. The number of nitrogens with one attached hydrogen (secondary N) is 1. The van der Waals surface area contributed by atoms with E-state index in [4.69, 9.17) is 0 Å². The molecule has 0 aromatic heterocycles. The third-order valence-corrected chi connectivity index (χ3v) is 4.82. The Hall–Kier alpha value is -2.29. The maximum atomic E-state index is 12.4. The van der Waals surface area contributed by atoms with Crippen molar-refractivity contribution >= 4 is 6.03 Å². The van der Waals surface area contributed by atoms with Crippen molar-refractivity contribution < 1.29 is 4.79 Å². The number of nitrogens with zero attached hydrogens (tertiary/aromatic N) is 1. The highest BCUT2D eigenvalue weighted by Crippen LogP contribution is 2.24. The van der Waals surface area contributed by atoms with Gasteiger partial charge in [-0.25, -0.2) is 4.79 Å². The Balaban J connectivity index is 1.61. The molecule has 3 heteroatoms. The van der Waals surface area contributed by atoms with Crippen LogP contribution in [0.5, 0.6) is 0 Å². The van der Waals surface area contributed by atoms with E-state index in [0.29, 0.717) is 6.54 Å². The predicted octanol–water partition coefficient (Wildman–Crippen LogP) is 4.47. The first-order valence-electron chi connectivity index (χ1n) is 8.81. The molecule has 126 valence electrons. The van der Waals surface area contributed by atoms with Gasteiger partial charge in [0.2, 0.25) is 0 Å². The van der Waals surface area contributed by atoms with Crippen LogP contribution < -0.4 is 5.32 Å². The van der Waals surface area contributed by atoms with Crippen molar-refractivity contribution in [3.05, 3.63) is 70.8 Å². The average molecular weight is 322 g/mol. The van der Waals surface area contributed by atoms with Crippen molar-refractivity contribution in [2.75, 3.05) is 7.05 Å². The van der Waals surface area contributed by atoms with Crippen LogP contribution in [0.1, 0.15) is 48.1 Å². The van der Waals surface area contributed by atoms with Crippen molar-refractivity contribution in [1.82, 2.24) is 10.2 Å². The molecule has 1 aliphatic rings. The van der Waals surface area contributed by atoms with Gasteiger partial charge in [0.05, 0.1) is 6.04 Å². The molecule has 0 radical (unpaired) electrons. The minimum atomic E-state index is -0.0379. The Morgan fingerprint density at radius 3 is 2.54 bits per heavy atom. The molecule has 0 fully saturated rings. The molecule has 24 heavy (non-hydrogen) atoms. The van der Waals surface area contributed by atoms with Gasteiger partial charge in [0.1, 0.15) is 0 Å². The van der Waals surface area contributed by atoms with E-state index in [1.54, 1.807) is 4.90 Å². The van der Waals surface area contributed by atoms with Gasteiger partial charge in [-0.3, -0.25) is 0 Å². The summed E-state index contributed by atoms with van der Waals surface area (Å²) in [5, 5.41) is 3.11. The van der Waals surface area contributed by atoms with E-state index in [2.05, 4.69) is 30.4 Å². The number of benzene rings is 2. The summed E-state index contributed by atoms with van der Waals surface area (Å²) in [5.74, 6) is 0. The zero-order chi connectivity index (χ0) is 16.9. The van der Waals surface area contributed by atoms with E-state index in [1.807, 2.05) is 37.4 Å². The third-order valence-electron chi connectivity index (χ3n) is 4.82. The Morgan fingerprint density at radius 2 is 1.79 bits per heavy atom. The standard InChI is InChI=1S/C21H26N2O/c1-16(19-13-12-18-10-6-7-11-20(18)14-19)22-21(24)23(2)15-17-8-4-3-5-9-17/h3-5,8-9,12-14,16H,6-7,10-11,15H2,1-2H3,(H,22,24). The lowest BCUT2D eigenvalue weighted by Crippen LogP contribution is -2.38. The fourth-order valence-electron chi connectivity index (χ4n) is 3.33. The first kappa shape index (κ1) is 16.6. The van der Waals surface area contributed by atoms with Gasteiger partial charge in [0.15, 0.2) is 0 Å². The van der Waals surface area contributed by atoms with E-state index in [-0.39, 0.29) is 12.1 Å². The van der Waals surface area contributed by atoms with Crippen LogP contribution in [0, 0.1) is 0 Å². The van der Waals surface area contributed by atoms with Crippen LogP contribution in [0.2, 0.25) is 0 Å².